The van der Waals surface area contributed by atoms with Crippen LogP contribution in [-0.4, -0.2) is 267 Å². The van der Waals surface area contributed by atoms with Gasteiger partial charge in [0.15, 0.2) is 11.6 Å². The fourth-order valence-electron chi connectivity index (χ4n) is 13.5. The SMILES string of the molecule is CC[C@@H]1NC(=O)[C@H]([C@H](O)[C@H](C)CCCCCn2nccn2)NC(=O)[C@H](C(C)C)N(C)C(=O)[C@H](CC(C)C)N(C)C(=O)[C@H](CC(C)C)N(C)C(=O)[C@@H](C)NC(=O)[C@H](C)CC(=O)[C@H](CC(C)C)N(C)C(=O)[C@H](C(C)C)CC(=O)[C@H]([C@@H](C)OCCCCN2CCOCC2)N(C)C(=O)[C@@H](C)N(C)C1=O. The average molecular weight is 1410 g/mol. The van der Waals surface area contributed by atoms with Gasteiger partial charge in [0.25, 0.3) is 0 Å². The van der Waals surface area contributed by atoms with E-state index in [1.165, 1.54) is 85.5 Å². The van der Waals surface area contributed by atoms with Crippen molar-refractivity contribution in [3.05, 3.63) is 12.4 Å². The molecule has 0 bridgehead atoms. The Kier molecular flexibility index (Phi) is 37.1. The van der Waals surface area contributed by atoms with Gasteiger partial charge in [0.05, 0.1) is 50.4 Å². The number of aryl methyl sites for hydroxylation is 1. The molecule has 27 nitrogen and oxygen atoms in total. The number of carbonyl (C=O) groups is 11. The van der Waals surface area contributed by atoms with E-state index in [1.807, 2.05) is 41.5 Å². The molecule has 3 heterocycles. The number of hydrogen-bond donors (Lipinski definition) is 4. The lowest BCUT2D eigenvalue weighted by atomic mass is 9.85. The van der Waals surface area contributed by atoms with E-state index in [2.05, 4.69) is 31.0 Å². The molecule has 0 aliphatic carbocycles. The van der Waals surface area contributed by atoms with Gasteiger partial charge in [-0.1, -0.05) is 103 Å². The van der Waals surface area contributed by atoms with Gasteiger partial charge >= 0.3 is 0 Å². The van der Waals surface area contributed by atoms with E-state index in [9.17, 15) is 24.3 Å². The van der Waals surface area contributed by atoms with Crippen LogP contribution in [0.4, 0.5) is 0 Å². The van der Waals surface area contributed by atoms with Gasteiger partial charge in [-0.25, -0.2) is 0 Å². The van der Waals surface area contributed by atoms with E-state index in [0.717, 1.165) is 38.9 Å². The fraction of sp³-hybridized carbons (Fsp3) is 0.822. The van der Waals surface area contributed by atoms with Crippen LogP contribution in [0.2, 0.25) is 0 Å². The summed E-state index contributed by atoms with van der Waals surface area (Å²) in [6.07, 6.45) is 4.47. The van der Waals surface area contributed by atoms with Gasteiger partial charge in [0.2, 0.25) is 53.2 Å². The molecular formula is C73H129N13O14. The zero-order chi connectivity index (χ0) is 75.7. The predicted molar refractivity (Wildman–Crippen MR) is 382 cm³/mol. The van der Waals surface area contributed by atoms with Crippen molar-refractivity contribution in [2.24, 2.45) is 47.3 Å². The number of aliphatic hydroxyl groups is 1. The maximum Gasteiger partial charge on any atom is 0.245 e. The zero-order valence-corrected chi connectivity index (χ0v) is 64.8. The molecule has 2 aliphatic heterocycles. The molecular weight excluding hydrogens is 1280 g/mol. The topological polar surface area (TPSA) is 316 Å². The number of likely N-dealkylation sites (N-methyl/N-ethyl adjacent to an activating group) is 6. The number of nitrogens with zero attached hydrogens (tertiary/aromatic N) is 10. The van der Waals surface area contributed by atoms with Gasteiger partial charge in [0.1, 0.15) is 48.3 Å². The maximum absolute atomic E-state index is 15.2. The summed E-state index contributed by atoms with van der Waals surface area (Å²) < 4.78 is 11.9. The Morgan fingerprint density at radius 3 is 1.59 bits per heavy atom. The molecule has 4 N–H and O–H groups in total. The first-order valence-electron chi connectivity index (χ1n) is 36.8. The number of aromatic nitrogens is 3. The average Bonchev–Trinajstić information content (AvgIpc) is 0.958. The summed E-state index contributed by atoms with van der Waals surface area (Å²) in [4.78, 5) is 175. The molecule has 100 heavy (non-hydrogen) atoms. The van der Waals surface area contributed by atoms with Gasteiger partial charge in [-0.05, 0) is 114 Å². The van der Waals surface area contributed by atoms with Crippen LogP contribution in [-0.2, 0) is 68.8 Å². The number of aliphatic hydroxyl groups excluding tert-OH is 1. The van der Waals surface area contributed by atoms with Crippen molar-refractivity contribution in [3.63, 3.8) is 0 Å². The van der Waals surface area contributed by atoms with Crippen LogP contribution in [0.1, 0.15) is 188 Å². The van der Waals surface area contributed by atoms with Crippen LogP contribution in [0.5, 0.6) is 0 Å². The standard InChI is InChI=1S/C73H129N13O14/c1-23-55-71(96)79(17)52(15)69(94)84(22)63(53(16)100-36-28-27-32-85-34-37-99-38-35-85)60(88)43-54(47(8)9)70(95)80(18)56(39-44(2)3)59(87)42-50(13)65(90)76-51(14)68(93)81(19)57(40-45(4)5)72(97)82(20)58(41-46(6)7)73(98)83(21)62(48(10)11)67(92)78-61(66(91)77-55)64(89)49(12)29-25-24-26-33-86-74-30-31-75-86/h30-31,44-58,61-64,89H,23-29,32-43H2,1-22H3,(H,76,90)(H,77,91)(H,78,92)/t49-,50-,51-,52-,53-,54+,55+,56+,57+,58+,61+,62+,63+,64-/m1/s1. The quantitative estimate of drug-likeness (QED) is 0.101. The number of rotatable bonds is 24. The second-order valence-corrected chi connectivity index (χ2v) is 30.4. The van der Waals surface area contributed by atoms with E-state index in [-0.39, 0.29) is 62.9 Å². The van der Waals surface area contributed by atoms with E-state index in [4.69, 9.17) is 9.47 Å². The summed E-state index contributed by atoms with van der Waals surface area (Å²) >= 11 is 0. The first-order valence-corrected chi connectivity index (χ1v) is 36.8. The number of unbranched alkanes of at least 4 members (excludes halogenated alkanes) is 3. The van der Waals surface area contributed by atoms with E-state index in [1.54, 1.807) is 72.6 Å². The van der Waals surface area contributed by atoms with E-state index < -0.39 is 161 Å². The van der Waals surface area contributed by atoms with Gasteiger partial charge in [-0.2, -0.15) is 15.0 Å². The van der Waals surface area contributed by atoms with Crippen LogP contribution < -0.4 is 16.0 Å². The summed E-state index contributed by atoms with van der Waals surface area (Å²) in [5.41, 5.74) is 0. The molecule has 1 aromatic rings. The highest BCUT2D eigenvalue weighted by Gasteiger charge is 2.45. The monoisotopic (exact) mass is 1410 g/mol. The van der Waals surface area contributed by atoms with Crippen LogP contribution in [0.25, 0.3) is 0 Å². The normalized spacial score (nSPS) is 26.8. The highest BCUT2D eigenvalue weighted by molar-refractivity contribution is 6.00. The van der Waals surface area contributed by atoms with Crippen molar-refractivity contribution in [2.45, 2.75) is 261 Å². The van der Waals surface area contributed by atoms with Crippen LogP contribution >= 0.6 is 0 Å². The molecule has 0 radical (unpaired) electrons. The number of ether oxygens (including phenoxy) is 2. The molecule has 2 fully saturated rings. The van der Waals surface area contributed by atoms with Crippen molar-refractivity contribution in [1.82, 2.24) is 65.2 Å². The Hall–Kier alpha value is -6.45. The Balaban J connectivity index is 2.28. The van der Waals surface area contributed by atoms with Crippen molar-refractivity contribution < 1.29 is 67.3 Å². The first-order chi connectivity index (χ1) is 46.8. The van der Waals surface area contributed by atoms with Crippen molar-refractivity contribution >= 4 is 64.7 Å². The van der Waals surface area contributed by atoms with Crippen LogP contribution in [0.15, 0.2) is 12.4 Å². The molecule has 570 valence electrons. The lowest BCUT2D eigenvalue weighted by Crippen LogP contribution is -2.63. The molecule has 2 saturated heterocycles. The summed E-state index contributed by atoms with van der Waals surface area (Å²) in [5, 5.41) is 29.0. The number of amides is 9. The third-order valence-corrected chi connectivity index (χ3v) is 20.1. The molecule has 0 unspecified atom stereocenters. The molecule has 2 aliphatic rings. The van der Waals surface area contributed by atoms with Crippen molar-refractivity contribution in [1.29, 1.82) is 0 Å². The Bertz CT molecular complexity index is 2800. The lowest BCUT2D eigenvalue weighted by Gasteiger charge is -2.40. The van der Waals surface area contributed by atoms with Crippen LogP contribution in [0, 0.1) is 47.3 Å². The van der Waals surface area contributed by atoms with Gasteiger partial charge in [0, 0.05) is 86.7 Å². The summed E-state index contributed by atoms with van der Waals surface area (Å²) in [7, 11) is 8.72. The Morgan fingerprint density at radius 2 is 1.05 bits per heavy atom. The molecule has 0 saturated carbocycles. The lowest BCUT2D eigenvalue weighted by molar-refractivity contribution is -0.154. The molecule has 0 spiro atoms. The second kappa shape index (κ2) is 42.2. The minimum absolute atomic E-state index is 0.00627. The number of hydrogen-bond acceptors (Lipinski definition) is 17. The molecule has 9 amide bonds. The summed E-state index contributed by atoms with van der Waals surface area (Å²) in [6.45, 7) is 32.5. The van der Waals surface area contributed by atoms with Crippen molar-refractivity contribution in [3.8, 4) is 0 Å². The molecule has 27 heteroatoms. The highest BCUT2D eigenvalue weighted by atomic mass is 16.5. The highest BCUT2D eigenvalue weighted by Crippen LogP contribution is 2.28. The number of ketones is 2. The molecule has 3 rings (SSSR count). The maximum atomic E-state index is 15.2. The smallest absolute Gasteiger partial charge is 0.245 e. The minimum atomic E-state index is -1.69. The largest absolute Gasteiger partial charge is 0.390 e. The predicted octanol–water partition coefficient (Wildman–Crippen LogP) is 4.85. The summed E-state index contributed by atoms with van der Waals surface area (Å²) in [6, 6.07) is -11.4. The number of morpholine rings is 1. The van der Waals surface area contributed by atoms with Gasteiger partial charge in [-0.3, -0.25) is 57.6 Å². The van der Waals surface area contributed by atoms with E-state index >= 15 is 33.6 Å². The number of nitrogens with one attached hydrogen (secondary N) is 3. The van der Waals surface area contributed by atoms with Crippen LogP contribution in [0.3, 0.4) is 0 Å². The summed E-state index contributed by atoms with van der Waals surface area (Å²) in [5.74, 6) is -11.0. The second-order valence-electron chi connectivity index (χ2n) is 30.4. The fourth-order valence-corrected chi connectivity index (χ4v) is 13.5. The first kappa shape index (κ1) is 87.8. The van der Waals surface area contributed by atoms with Gasteiger partial charge < -0.3 is 59.9 Å². The van der Waals surface area contributed by atoms with Crippen molar-refractivity contribution in [2.75, 3.05) is 81.7 Å². The number of carbonyl (C=O) groups excluding carboxylic acids is 11. The Labute approximate surface area is 597 Å². The Morgan fingerprint density at radius 1 is 0.530 bits per heavy atom. The molecule has 14 atom stereocenters. The minimum Gasteiger partial charge on any atom is -0.390 e. The zero-order valence-electron chi connectivity index (χ0n) is 64.8. The third-order valence-electron chi connectivity index (χ3n) is 20.1. The molecule has 1 aromatic heterocycles. The van der Waals surface area contributed by atoms with E-state index in [0.29, 0.717) is 39.0 Å². The number of Topliss-reactive ketones (excluding diaryl/α,β-unsaturated/α-hetero) is 2. The molecule has 0 aromatic carbocycles. The van der Waals surface area contributed by atoms with Gasteiger partial charge in [-0.15, -0.1) is 0 Å². The third kappa shape index (κ3) is 25.8.